The highest BCUT2D eigenvalue weighted by Crippen LogP contribution is 2.30. The number of aliphatic hydroxyl groups excluding tert-OH is 1. The van der Waals surface area contributed by atoms with Crippen LogP contribution in [0.3, 0.4) is 0 Å². The molecule has 41 heavy (non-hydrogen) atoms. The molecule has 1 amide bonds. The number of Topliss-reactive ketones (excluding diaryl/α,β-unsaturated/α-hetero) is 1. The molecule has 3 rings (SSSR count). The van der Waals surface area contributed by atoms with Crippen molar-refractivity contribution in [1.82, 2.24) is 9.80 Å². The van der Waals surface area contributed by atoms with Crippen LogP contribution in [0.15, 0.2) is 36.4 Å². The number of benzene rings is 2. The monoisotopic (exact) mass is 570 g/mol. The highest BCUT2D eigenvalue weighted by atomic mass is 19.1. The molecule has 1 heterocycles. The van der Waals surface area contributed by atoms with Crippen molar-refractivity contribution in [1.29, 1.82) is 0 Å². The predicted molar refractivity (Wildman–Crippen MR) is 160 cm³/mol. The second kappa shape index (κ2) is 15.5. The van der Waals surface area contributed by atoms with Crippen LogP contribution >= 0.6 is 0 Å². The smallest absolute Gasteiger partial charge is 0.253 e. The summed E-state index contributed by atoms with van der Waals surface area (Å²) in [7, 11) is 0. The Bertz CT molecular complexity index is 1140. The predicted octanol–water partition coefficient (Wildman–Crippen LogP) is 6.70. The Morgan fingerprint density at radius 1 is 1.00 bits per heavy atom. The average Bonchev–Trinajstić information content (AvgIpc) is 2.90. The van der Waals surface area contributed by atoms with E-state index in [0.29, 0.717) is 35.7 Å². The van der Waals surface area contributed by atoms with Gasteiger partial charge in [-0.25, -0.2) is 8.78 Å². The first-order valence-electron chi connectivity index (χ1n) is 15.3. The maximum atomic E-state index is 14.1. The lowest BCUT2D eigenvalue weighted by Gasteiger charge is -2.38. The van der Waals surface area contributed by atoms with Crippen molar-refractivity contribution in [2.45, 2.75) is 79.2 Å². The SMILES string of the molecule is CCCN(CCC)C(=O)c1cc(C)cc(C(=O)C[C@@H](Cc2cc(F)cc(F)c2)[C@H](O)[C@@H]2CCCN(CC(C)C)C2)c1. The van der Waals surface area contributed by atoms with Gasteiger partial charge in [0, 0.05) is 49.8 Å². The molecule has 0 saturated carbocycles. The summed E-state index contributed by atoms with van der Waals surface area (Å²) in [6.07, 6.45) is 2.88. The summed E-state index contributed by atoms with van der Waals surface area (Å²) in [6.45, 7) is 14.2. The van der Waals surface area contributed by atoms with Gasteiger partial charge in [-0.1, -0.05) is 27.7 Å². The van der Waals surface area contributed by atoms with Gasteiger partial charge in [-0.3, -0.25) is 9.59 Å². The van der Waals surface area contributed by atoms with Gasteiger partial charge in [-0.15, -0.1) is 0 Å². The summed E-state index contributed by atoms with van der Waals surface area (Å²) >= 11 is 0. The molecule has 2 aromatic carbocycles. The molecule has 0 spiro atoms. The zero-order valence-corrected chi connectivity index (χ0v) is 25.5. The number of halogens is 2. The number of nitrogens with zero attached hydrogens (tertiary/aromatic N) is 2. The van der Waals surface area contributed by atoms with E-state index in [9.17, 15) is 23.5 Å². The van der Waals surface area contributed by atoms with E-state index in [-0.39, 0.29) is 30.4 Å². The van der Waals surface area contributed by atoms with E-state index < -0.39 is 23.7 Å². The van der Waals surface area contributed by atoms with Gasteiger partial charge in [0.05, 0.1) is 6.10 Å². The van der Waals surface area contributed by atoms with E-state index in [2.05, 4.69) is 18.7 Å². The van der Waals surface area contributed by atoms with E-state index in [0.717, 1.165) is 56.9 Å². The Hall–Kier alpha value is -2.64. The van der Waals surface area contributed by atoms with E-state index in [1.807, 2.05) is 31.7 Å². The number of piperidine rings is 1. The third-order valence-electron chi connectivity index (χ3n) is 7.92. The molecule has 0 aliphatic carbocycles. The van der Waals surface area contributed by atoms with Crippen LogP contribution in [0.1, 0.15) is 91.6 Å². The second-order valence-electron chi connectivity index (χ2n) is 12.3. The fourth-order valence-corrected chi connectivity index (χ4v) is 6.24. The summed E-state index contributed by atoms with van der Waals surface area (Å²) in [5.74, 6) is -1.69. The van der Waals surface area contributed by atoms with Crippen molar-refractivity contribution >= 4 is 11.7 Å². The number of ketones is 1. The highest BCUT2D eigenvalue weighted by molar-refractivity contribution is 6.01. The maximum Gasteiger partial charge on any atom is 0.253 e. The van der Waals surface area contributed by atoms with Crippen LogP contribution in [0.2, 0.25) is 0 Å². The summed E-state index contributed by atoms with van der Waals surface area (Å²) in [6, 6.07) is 8.63. The van der Waals surface area contributed by atoms with Crippen molar-refractivity contribution in [3.8, 4) is 0 Å². The number of hydrogen-bond acceptors (Lipinski definition) is 4. The molecule has 0 radical (unpaired) electrons. The van der Waals surface area contributed by atoms with Crippen molar-refractivity contribution in [2.24, 2.45) is 17.8 Å². The Balaban J connectivity index is 1.88. The topological polar surface area (TPSA) is 60.9 Å². The molecule has 1 aliphatic rings. The van der Waals surface area contributed by atoms with Crippen LogP contribution < -0.4 is 0 Å². The normalized spacial score (nSPS) is 17.4. The summed E-state index contributed by atoms with van der Waals surface area (Å²) < 4.78 is 28.1. The lowest BCUT2D eigenvalue weighted by Crippen LogP contribution is -2.44. The fraction of sp³-hybridized carbons (Fsp3) is 0.588. The molecule has 0 aromatic heterocycles. The van der Waals surface area contributed by atoms with Crippen molar-refractivity contribution in [2.75, 3.05) is 32.7 Å². The first-order valence-corrected chi connectivity index (χ1v) is 15.3. The van der Waals surface area contributed by atoms with Gasteiger partial charge in [0.15, 0.2) is 5.78 Å². The summed E-state index contributed by atoms with van der Waals surface area (Å²) in [4.78, 5) is 31.2. The molecule has 2 aromatic rings. The van der Waals surface area contributed by atoms with Crippen molar-refractivity contribution < 1.29 is 23.5 Å². The first-order chi connectivity index (χ1) is 19.5. The second-order valence-corrected chi connectivity index (χ2v) is 12.3. The molecular weight excluding hydrogens is 522 g/mol. The third kappa shape index (κ3) is 9.71. The molecule has 1 fully saturated rings. The van der Waals surface area contributed by atoms with Gasteiger partial charge >= 0.3 is 0 Å². The Morgan fingerprint density at radius 2 is 1.63 bits per heavy atom. The minimum atomic E-state index is -0.809. The zero-order valence-electron chi connectivity index (χ0n) is 25.5. The summed E-state index contributed by atoms with van der Waals surface area (Å²) in [5.41, 5.74) is 2.14. The van der Waals surface area contributed by atoms with Gasteiger partial charge in [-0.05, 0) is 105 Å². The molecule has 1 N–H and O–H groups in total. The van der Waals surface area contributed by atoms with Crippen LogP contribution in [0, 0.1) is 36.3 Å². The average molecular weight is 571 g/mol. The lowest BCUT2D eigenvalue weighted by molar-refractivity contribution is 0.00712. The van der Waals surface area contributed by atoms with Crippen molar-refractivity contribution in [3.05, 3.63) is 70.3 Å². The number of aryl methyl sites for hydroxylation is 1. The molecule has 7 heteroatoms. The molecule has 0 bridgehead atoms. The standard InChI is InChI=1S/C34H48F2N2O3/c1-6-10-38(11-7-2)34(41)29-14-24(5)13-27(18-29)32(39)19-28(15-25-16-30(35)20-31(36)17-25)33(40)26-9-8-12-37(22-26)21-23(3)4/h13-14,16-18,20,23,26,28,33,40H,6-12,15,19,21-22H2,1-5H3/t26-,28-,33-/m1/s1. The Kier molecular flexibility index (Phi) is 12.5. The number of aliphatic hydroxyl groups is 1. The number of hydrogen-bond donors (Lipinski definition) is 1. The highest BCUT2D eigenvalue weighted by Gasteiger charge is 2.33. The van der Waals surface area contributed by atoms with E-state index >= 15 is 0 Å². The third-order valence-corrected chi connectivity index (χ3v) is 7.92. The van der Waals surface area contributed by atoms with Crippen LogP contribution in [0.25, 0.3) is 0 Å². The van der Waals surface area contributed by atoms with E-state index in [1.54, 1.807) is 12.1 Å². The quantitative estimate of drug-likeness (QED) is 0.257. The van der Waals surface area contributed by atoms with Crippen LogP contribution in [0.4, 0.5) is 8.78 Å². The molecule has 1 aliphatic heterocycles. The van der Waals surface area contributed by atoms with Crippen LogP contribution in [-0.4, -0.2) is 65.4 Å². The fourth-order valence-electron chi connectivity index (χ4n) is 6.24. The number of amides is 1. The van der Waals surface area contributed by atoms with Crippen LogP contribution in [0.5, 0.6) is 0 Å². The molecule has 3 atom stereocenters. The van der Waals surface area contributed by atoms with Crippen molar-refractivity contribution in [3.63, 3.8) is 0 Å². The van der Waals surface area contributed by atoms with E-state index in [1.165, 1.54) is 12.1 Å². The van der Waals surface area contributed by atoms with Gasteiger partial charge in [0.1, 0.15) is 11.6 Å². The van der Waals surface area contributed by atoms with E-state index in [4.69, 9.17) is 0 Å². The molecular formula is C34H48F2N2O3. The maximum absolute atomic E-state index is 14.1. The minimum Gasteiger partial charge on any atom is -0.392 e. The largest absolute Gasteiger partial charge is 0.392 e. The molecule has 5 nitrogen and oxygen atoms in total. The van der Waals surface area contributed by atoms with Crippen LogP contribution in [-0.2, 0) is 6.42 Å². The zero-order chi connectivity index (χ0) is 30.1. The lowest BCUT2D eigenvalue weighted by atomic mass is 9.79. The number of likely N-dealkylation sites (tertiary alicyclic amines) is 1. The van der Waals surface area contributed by atoms with Gasteiger partial charge in [0.25, 0.3) is 5.91 Å². The number of carbonyl (C=O) groups excluding carboxylic acids is 2. The Morgan fingerprint density at radius 3 is 2.24 bits per heavy atom. The number of carbonyl (C=O) groups is 2. The van der Waals surface area contributed by atoms with Gasteiger partial charge in [-0.2, -0.15) is 0 Å². The molecule has 226 valence electrons. The van der Waals surface area contributed by atoms with Gasteiger partial charge < -0.3 is 14.9 Å². The number of rotatable bonds is 14. The Labute approximate surface area is 244 Å². The molecule has 1 saturated heterocycles. The van der Waals surface area contributed by atoms with Gasteiger partial charge in [0.2, 0.25) is 0 Å². The first kappa shape index (κ1) is 32.9. The molecule has 0 unspecified atom stereocenters. The minimum absolute atomic E-state index is 0.0185. The summed E-state index contributed by atoms with van der Waals surface area (Å²) in [5, 5.41) is 11.6.